The molecular formula is C15H20N2O3S. The van der Waals surface area contributed by atoms with Gasteiger partial charge in [0.2, 0.25) is 0 Å². The molecule has 0 saturated carbocycles. The highest BCUT2D eigenvalue weighted by atomic mass is 32.1. The molecule has 114 valence electrons. The summed E-state index contributed by atoms with van der Waals surface area (Å²) in [6, 6.07) is 7.03. The molecule has 0 spiro atoms. The van der Waals surface area contributed by atoms with Gasteiger partial charge in [-0.25, -0.2) is 0 Å². The highest BCUT2D eigenvalue weighted by Gasteiger charge is 2.37. The van der Waals surface area contributed by atoms with Crippen molar-refractivity contribution in [2.24, 2.45) is 0 Å². The summed E-state index contributed by atoms with van der Waals surface area (Å²) in [7, 11) is 1.60. The number of hydrogen-bond acceptors (Lipinski definition) is 4. The smallest absolute Gasteiger partial charge is 0.189 e. The van der Waals surface area contributed by atoms with Gasteiger partial charge in [-0.15, -0.1) is 0 Å². The van der Waals surface area contributed by atoms with Crippen molar-refractivity contribution in [1.82, 2.24) is 10.6 Å². The molecule has 1 aromatic rings. The zero-order valence-corrected chi connectivity index (χ0v) is 13.1. The number of nitrogens with one attached hydrogen (secondary N) is 2. The molecule has 0 radical (unpaired) electrons. The van der Waals surface area contributed by atoms with Crippen molar-refractivity contribution in [2.75, 3.05) is 7.11 Å². The van der Waals surface area contributed by atoms with Crippen LogP contribution in [-0.2, 0) is 0 Å². The summed E-state index contributed by atoms with van der Waals surface area (Å²) in [5, 5.41) is 27.1. The first-order chi connectivity index (χ1) is 9.89. The topological polar surface area (TPSA) is 73.8 Å². The lowest BCUT2D eigenvalue weighted by molar-refractivity contribution is -0.134. The maximum Gasteiger partial charge on any atom is 0.189 e. The Labute approximate surface area is 129 Å². The van der Waals surface area contributed by atoms with Crippen LogP contribution in [0.3, 0.4) is 0 Å². The fourth-order valence-electron chi connectivity index (χ4n) is 2.46. The van der Waals surface area contributed by atoms with Crippen LogP contribution >= 0.6 is 12.2 Å². The van der Waals surface area contributed by atoms with Crippen LogP contribution in [-0.4, -0.2) is 28.2 Å². The number of aliphatic hydroxyl groups is 2. The molecule has 2 rings (SSSR count). The van der Waals surface area contributed by atoms with Gasteiger partial charge in [0, 0.05) is 17.7 Å². The van der Waals surface area contributed by atoms with Crippen LogP contribution in [0.5, 0.6) is 5.75 Å². The lowest BCUT2D eigenvalue weighted by Gasteiger charge is -2.37. The first-order valence-corrected chi connectivity index (χ1v) is 7.17. The monoisotopic (exact) mass is 308 g/mol. The van der Waals surface area contributed by atoms with E-state index in [4.69, 9.17) is 17.0 Å². The summed E-state index contributed by atoms with van der Waals surface area (Å²) in [5.74, 6) is -1.16. The third kappa shape index (κ3) is 3.18. The number of hydrogen-bond donors (Lipinski definition) is 4. The lowest BCUT2D eigenvalue weighted by Crippen LogP contribution is -2.49. The molecule has 1 heterocycles. The van der Waals surface area contributed by atoms with Gasteiger partial charge < -0.3 is 25.6 Å². The van der Waals surface area contributed by atoms with Gasteiger partial charge in [-0.1, -0.05) is 19.1 Å². The van der Waals surface area contributed by atoms with E-state index >= 15 is 0 Å². The Hall–Kier alpha value is -1.63. The van der Waals surface area contributed by atoms with Crippen LogP contribution in [0.15, 0.2) is 35.5 Å². The second-order valence-electron chi connectivity index (χ2n) is 5.01. The van der Waals surface area contributed by atoms with E-state index < -0.39 is 5.79 Å². The van der Waals surface area contributed by atoms with Crippen molar-refractivity contribution in [3.05, 3.63) is 41.1 Å². The second kappa shape index (κ2) is 6.01. The molecule has 0 bridgehead atoms. The number of thiocarbonyl (C=S) groups is 1. The van der Waals surface area contributed by atoms with E-state index in [1.807, 2.05) is 24.3 Å². The second-order valence-corrected chi connectivity index (χ2v) is 5.42. The molecule has 5 nitrogen and oxygen atoms in total. The van der Waals surface area contributed by atoms with Crippen LogP contribution in [0.2, 0.25) is 0 Å². The van der Waals surface area contributed by atoms with E-state index in [0.29, 0.717) is 16.4 Å². The molecule has 0 aliphatic carbocycles. The van der Waals surface area contributed by atoms with E-state index in [-0.39, 0.29) is 12.5 Å². The molecule has 1 atom stereocenters. The normalized spacial score (nSPS) is 19.1. The molecule has 4 N–H and O–H groups in total. The van der Waals surface area contributed by atoms with Crippen molar-refractivity contribution in [1.29, 1.82) is 0 Å². The fourth-order valence-corrected chi connectivity index (χ4v) is 2.73. The number of rotatable bonds is 4. The average Bonchev–Trinajstić information content (AvgIpc) is 2.46. The Morgan fingerprint density at radius 3 is 2.43 bits per heavy atom. The molecule has 6 heteroatoms. The maximum absolute atomic E-state index is 10.3. The predicted molar refractivity (Wildman–Crippen MR) is 84.8 cm³/mol. The molecule has 0 saturated heterocycles. The fraction of sp³-hybridized carbons (Fsp3) is 0.400. The standard InChI is InChI=1S/C15H20N2O3S/c1-4-15(18,19)12-9(2)16-14(21)17-13(12)10-5-7-11(20-3)8-6-10/h5-8,13,18-19H,4H2,1-3H3,(H2,16,17,21). The summed E-state index contributed by atoms with van der Waals surface area (Å²) in [6.07, 6.45) is 0.183. The van der Waals surface area contributed by atoms with Gasteiger partial charge in [0.25, 0.3) is 0 Å². The molecule has 0 aromatic heterocycles. The zero-order chi connectivity index (χ0) is 15.6. The van der Waals surface area contributed by atoms with E-state index in [1.54, 1.807) is 21.0 Å². The SMILES string of the molecule is CCC(O)(O)C1=C(C)NC(=S)NC1c1ccc(OC)cc1. The third-order valence-electron chi connectivity index (χ3n) is 3.64. The Morgan fingerprint density at radius 2 is 1.90 bits per heavy atom. The molecule has 1 aliphatic heterocycles. The van der Waals surface area contributed by atoms with Crippen LogP contribution < -0.4 is 15.4 Å². The van der Waals surface area contributed by atoms with Crippen LogP contribution in [0.1, 0.15) is 31.9 Å². The Morgan fingerprint density at radius 1 is 1.29 bits per heavy atom. The van der Waals surface area contributed by atoms with Crippen molar-refractivity contribution in [3.63, 3.8) is 0 Å². The molecule has 1 aliphatic rings. The van der Waals surface area contributed by atoms with Gasteiger partial charge in [-0.2, -0.15) is 0 Å². The summed E-state index contributed by atoms with van der Waals surface area (Å²) in [6.45, 7) is 3.51. The van der Waals surface area contributed by atoms with Crippen molar-refractivity contribution in [3.8, 4) is 5.75 Å². The van der Waals surface area contributed by atoms with Crippen LogP contribution in [0.25, 0.3) is 0 Å². The highest BCUT2D eigenvalue weighted by molar-refractivity contribution is 7.80. The minimum Gasteiger partial charge on any atom is -0.497 e. The number of methoxy groups -OCH3 is 1. The highest BCUT2D eigenvalue weighted by Crippen LogP contribution is 2.35. The minimum absolute atomic E-state index is 0.183. The van der Waals surface area contributed by atoms with E-state index in [0.717, 1.165) is 11.3 Å². The number of allylic oxidation sites excluding steroid dienone is 1. The van der Waals surface area contributed by atoms with E-state index in [1.165, 1.54) is 0 Å². The van der Waals surface area contributed by atoms with Crippen molar-refractivity contribution < 1.29 is 14.9 Å². The molecular weight excluding hydrogens is 288 g/mol. The van der Waals surface area contributed by atoms with E-state index in [9.17, 15) is 10.2 Å². The minimum atomic E-state index is -1.90. The third-order valence-corrected chi connectivity index (χ3v) is 3.86. The number of ether oxygens (including phenoxy) is 1. The van der Waals surface area contributed by atoms with Gasteiger partial charge in [0.15, 0.2) is 10.9 Å². The van der Waals surface area contributed by atoms with Gasteiger partial charge >= 0.3 is 0 Å². The maximum atomic E-state index is 10.3. The largest absolute Gasteiger partial charge is 0.497 e. The van der Waals surface area contributed by atoms with Crippen molar-refractivity contribution >= 4 is 17.3 Å². The number of benzene rings is 1. The molecule has 1 aromatic carbocycles. The molecule has 1 unspecified atom stereocenters. The van der Waals surface area contributed by atoms with E-state index in [2.05, 4.69) is 10.6 Å². The van der Waals surface area contributed by atoms with Crippen LogP contribution in [0, 0.1) is 0 Å². The van der Waals surface area contributed by atoms with Crippen LogP contribution in [0.4, 0.5) is 0 Å². The Kier molecular flexibility index (Phi) is 4.51. The van der Waals surface area contributed by atoms with Gasteiger partial charge in [-0.3, -0.25) is 0 Å². The summed E-state index contributed by atoms with van der Waals surface area (Å²) < 4.78 is 5.14. The first kappa shape index (κ1) is 15.8. The quantitative estimate of drug-likeness (QED) is 0.500. The van der Waals surface area contributed by atoms with Gasteiger partial charge in [0.05, 0.1) is 13.2 Å². The zero-order valence-electron chi connectivity index (χ0n) is 12.3. The first-order valence-electron chi connectivity index (χ1n) is 6.76. The lowest BCUT2D eigenvalue weighted by atomic mass is 9.88. The van der Waals surface area contributed by atoms with Gasteiger partial charge in [-0.05, 0) is 36.8 Å². The van der Waals surface area contributed by atoms with Gasteiger partial charge in [0.1, 0.15) is 5.75 Å². The summed E-state index contributed by atoms with van der Waals surface area (Å²) in [4.78, 5) is 0. The summed E-state index contributed by atoms with van der Waals surface area (Å²) in [5.41, 5.74) is 2.02. The molecule has 21 heavy (non-hydrogen) atoms. The molecule has 0 amide bonds. The Bertz CT molecular complexity index is 567. The summed E-state index contributed by atoms with van der Waals surface area (Å²) >= 11 is 5.18. The van der Waals surface area contributed by atoms with Crippen molar-refractivity contribution in [2.45, 2.75) is 32.1 Å². The Balaban J connectivity index is 2.47. The average molecular weight is 308 g/mol. The predicted octanol–water partition coefficient (Wildman–Crippen LogP) is 1.58. The molecule has 0 fully saturated rings.